The number of aliphatic hydroxyl groups excluding tert-OH is 1. The van der Waals surface area contributed by atoms with Gasteiger partial charge in [0.2, 0.25) is 5.78 Å². The second-order valence-corrected chi connectivity index (χ2v) is 5.80. The quantitative estimate of drug-likeness (QED) is 0.771. The first-order valence-corrected chi connectivity index (χ1v) is 6.82. The van der Waals surface area contributed by atoms with E-state index < -0.39 is 0 Å². The Bertz CT molecular complexity index is 573. The number of thiophene rings is 2. The average molecular weight is 264 g/mol. The molecule has 3 rings (SSSR count). The number of hydrogen-bond donors (Lipinski definition) is 1. The van der Waals surface area contributed by atoms with Crippen LogP contribution in [0.3, 0.4) is 0 Å². The van der Waals surface area contributed by atoms with Gasteiger partial charge in [-0.2, -0.15) is 0 Å². The molecule has 0 saturated heterocycles. The van der Waals surface area contributed by atoms with Gasteiger partial charge in [0, 0.05) is 29.0 Å². The first kappa shape index (κ1) is 10.8. The summed E-state index contributed by atoms with van der Waals surface area (Å²) in [6.45, 7) is 0.0313. The lowest BCUT2D eigenvalue weighted by Gasteiger charge is -2.08. The Morgan fingerprint density at radius 3 is 2.71 bits per heavy atom. The lowest BCUT2D eigenvalue weighted by molar-refractivity contribution is 0.0986. The summed E-state index contributed by atoms with van der Waals surface area (Å²) in [6, 6.07) is 3.43. The lowest BCUT2D eigenvalue weighted by Crippen LogP contribution is -2.15. The predicted octanol–water partition coefficient (Wildman–Crippen LogP) is 2.12. The molecule has 0 saturated carbocycles. The van der Waals surface area contributed by atoms with Crippen LogP contribution in [0, 0.1) is 0 Å². The third-order valence-electron chi connectivity index (χ3n) is 2.71. The highest BCUT2D eigenvalue weighted by Crippen LogP contribution is 2.35. The van der Waals surface area contributed by atoms with Crippen molar-refractivity contribution in [3.8, 4) is 0 Å². The Morgan fingerprint density at radius 2 is 1.94 bits per heavy atom. The van der Waals surface area contributed by atoms with Gasteiger partial charge in [0.1, 0.15) is 0 Å². The van der Waals surface area contributed by atoms with Crippen LogP contribution in [0.25, 0.3) is 0 Å². The fraction of sp³-hybridized carbons (Fsp3) is 0.167. The first-order chi connectivity index (χ1) is 8.22. The van der Waals surface area contributed by atoms with Crippen molar-refractivity contribution in [2.75, 3.05) is 6.61 Å². The Morgan fingerprint density at radius 1 is 1.12 bits per heavy atom. The van der Waals surface area contributed by atoms with E-state index in [1.165, 1.54) is 22.7 Å². The normalized spacial score (nSPS) is 13.7. The van der Waals surface area contributed by atoms with Gasteiger partial charge in [-0.15, -0.1) is 22.7 Å². The van der Waals surface area contributed by atoms with Crippen LogP contribution in [0.2, 0.25) is 0 Å². The minimum absolute atomic E-state index is 0.0313. The fourth-order valence-corrected chi connectivity index (χ4v) is 3.92. The minimum Gasteiger partial charge on any atom is -0.396 e. The van der Waals surface area contributed by atoms with Gasteiger partial charge in [-0.25, -0.2) is 0 Å². The Balaban J connectivity index is 2.16. The summed E-state index contributed by atoms with van der Waals surface area (Å²) in [6.07, 6.45) is 0.492. The van der Waals surface area contributed by atoms with Gasteiger partial charge in [0.05, 0.1) is 9.75 Å². The zero-order valence-corrected chi connectivity index (χ0v) is 10.4. The Kier molecular flexibility index (Phi) is 2.47. The number of aliphatic hydroxyl groups is 1. The van der Waals surface area contributed by atoms with Crippen LogP contribution in [0.5, 0.6) is 0 Å². The number of ketones is 2. The molecular weight excluding hydrogens is 256 g/mol. The van der Waals surface area contributed by atoms with E-state index in [9.17, 15) is 9.59 Å². The molecule has 0 spiro atoms. The van der Waals surface area contributed by atoms with Gasteiger partial charge in [-0.1, -0.05) is 0 Å². The summed E-state index contributed by atoms with van der Waals surface area (Å²) in [5.41, 5.74) is 1.01. The molecule has 3 nitrogen and oxygen atoms in total. The van der Waals surface area contributed by atoms with Gasteiger partial charge in [-0.3, -0.25) is 9.59 Å². The minimum atomic E-state index is -0.0729. The summed E-state index contributed by atoms with van der Waals surface area (Å²) in [5.74, 6) is -0.130. The highest BCUT2D eigenvalue weighted by atomic mass is 32.1. The molecule has 2 heterocycles. The molecule has 0 aliphatic heterocycles. The monoisotopic (exact) mass is 264 g/mol. The molecule has 2 aromatic rings. The third-order valence-corrected chi connectivity index (χ3v) is 4.82. The lowest BCUT2D eigenvalue weighted by atomic mass is 9.95. The van der Waals surface area contributed by atoms with Crippen LogP contribution in [0.4, 0.5) is 0 Å². The van der Waals surface area contributed by atoms with Crippen LogP contribution in [0.15, 0.2) is 17.5 Å². The summed E-state index contributed by atoms with van der Waals surface area (Å²) in [4.78, 5) is 26.2. The summed E-state index contributed by atoms with van der Waals surface area (Å²) in [5, 5.41) is 10.7. The van der Waals surface area contributed by atoms with Crippen molar-refractivity contribution in [1.29, 1.82) is 0 Å². The smallest absolute Gasteiger partial charge is 0.214 e. The molecule has 1 aliphatic rings. The molecule has 0 radical (unpaired) electrons. The fourth-order valence-electron chi connectivity index (χ4n) is 1.92. The van der Waals surface area contributed by atoms with E-state index in [2.05, 4.69) is 0 Å². The van der Waals surface area contributed by atoms with Gasteiger partial charge >= 0.3 is 0 Å². The van der Waals surface area contributed by atoms with E-state index in [0.29, 0.717) is 27.3 Å². The van der Waals surface area contributed by atoms with Crippen molar-refractivity contribution < 1.29 is 14.7 Å². The maximum Gasteiger partial charge on any atom is 0.214 e. The second kappa shape index (κ2) is 3.87. The topological polar surface area (TPSA) is 54.4 Å². The molecule has 0 fully saturated rings. The van der Waals surface area contributed by atoms with Crippen LogP contribution < -0.4 is 0 Å². The molecule has 0 bridgehead atoms. The molecule has 0 atom stereocenters. The number of fused-ring (bicyclic) bond motifs is 2. The highest BCUT2D eigenvalue weighted by molar-refractivity contribution is 7.17. The molecule has 17 heavy (non-hydrogen) atoms. The van der Waals surface area contributed by atoms with E-state index in [-0.39, 0.29) is 18.2 Å². The highest BCUT2D eigenvalue weighted by Gasteiger charge is 2.32. The van der Waals surface area contributed by atoms with Gasteiger partial charge in [0.25, 0.3) is 0 Å². The average Bonchev–Trinajstić information content (AvgIpc) is 2.92. The van der Waals surface area contributed by atoms with Crippen molar-refractivity contribution in [3.63, 3.8) is 0 Å². The van der Waals surface area contributed by atoms with Crippen molar-refractivity contribution in [3.05, 3.63) is 43.3 Å². The molecule has 0 amide bonds. The van der Waals surface area contributed by atoms with Gasteiger partial charge < -0.3 is 5.11 Å². The standard InChI is InChI=1S/C12H8O3S2/c13-3-1-6-5-8-9(14)7-2-4-16-11(7)10(15)12(8)17-6/h2,4-5,13H,1,3H2. The van der Waals surface area contributed by atoms with Crippen LogP contribution in [-0.4, -0.2) is 23.3 Å². The molecule has 1 aliphatic carbocycles. The van der Waals surface area contributed by atoms with E-state index in [1.807, 2.05) is 0 Å². The molecule has 5 heteroatoms. The molecular formula is C12H8O3S2. The number of hydrogen-bond acceptors (Lipinski definition) is 5. The van der Waals surface area contributed by atoms with Crippen LogP contribution >= 0.6 is 22.7 Å². The largest absolute Gasteiger partial charge is 0.396 e. The van der Waals surface area contributed by atoms with E-state index in [1.54, 1.807) is 17.5 Å². The second-order valence-electron chi connectivity index (χ2n) is 3.75. The van der Waals surface area contributed by atoms with E-state index >= 15 is 0 Å². The van der Waals surface area contributed by atoms with Crippen molar-refractivity contribution in [2.24, 2.45) is 0 Å². The predicted molar refractivity (Wildman–Crippen MR) is 66.3 cm³/mol. The van der Waals surface area contributed by atoms with Crippen molar-refractivity contribution in [1.82, 2.24) is 0 Å². The van der Waals surface area contributed by atoms with E-state index in [0.717, 1.165) is 4.88 Å². The number of rotatable bonds is 2. The SMILES string of the molecule is O=C1c2ccsc2C(=O)c2sc(CCO)cc21. The molecule has 0 aromatic carbocycles. The molecule has 1 N–H and O–H groups in total. The number of carbonyl (C=O) groups is 2. The van der Waals surface area contributed by atoms with Gasteiger partial charge in [0.15, 0.2) is 5.78 Å². The third kappa shape index (κ3) is 1.50. The summed E-state index contributed by atoms with van der Waals surface area (Å²) in [7, 11) is 0. The molecule has 86 valence electrons. The van der Waals surface area contributed by atoms with Crippen molar-refractivity contribution in [2.45, 2.75) is 6.42 Å². The first-order valence-electron chi connectivity index (χ1n) is 5.13. The Labute approximate surface area is 105 Å². The molecule has 2 aromatic heterocycles. The zero-order valence-electron chi connectivity index (χ0n) is 8.73. The summed E-state index contributed by atoms with van der Waals surface area (Å²) >= 11 is 2.63. The van der Waals surface area contributed by atoms with Gasteiger partial charge in [-0.05, 0) is 17.5 Å². The summed E-state index contributed by atoms with van der Waals surface area (Å²) < 4.78 is 0. The molecule has 0 unspecified atom stereocenters. The van der Waals surface area contributed by atoms with Crippen LogP contribution in [0.1, 0.15) is 35.3 Å². The zero-order chi connectivity index (χ0) is 12.0. The Hall–Kier alpha value is -1.30. The maximum absolute atomic E-state index is 12.1. The maximum atomic E-state index is 12.1. The van der Waals surface area contributed by atoms with Crippen LogP contribution in [-0.2, 0) is 6.42 Å². The van der Waals surface area contributed by atoms with E-state index in [4.69, 9.17) is 5.11 Å². The van der Waals surface area contributed by atoms with Crippen molar-refractivity contribution >= 4 is 34.2 Å². The number of carbonyl (C=O) groups excluding carboxylic acids is 2.